The van der Waals surface area contributed by atoms with Gasteiger partial charge in [-0.25, -0.2) is 17.5 Å². The molecule has 0 amide bonds. The van der Waals surface area contributed by atoms with E-state index < -0.39 is 15.8 Å². The molecule has 1 N–H and O–H groups in total. The van der Waals surface area contributed by atoms with Crippen molar-refractivity contribution in [3.63, 3.8) is 0 Å². The first-order chi connectivity index (χ1) is 11.6. The maximum atomic E-state index is 13.8. The Kier molecular flexibility index (Phi) is 5.62. The second kappa shape index (κ2) is 7.71. The number of halogens is 1. The highest BCUT2D eigenvalue weighted by Crippen LogP contribution is 2.26. The first kappa shape index (κ1) is 17.5. The zero-order valence-electron chi connectivity index (χ0n) is 13.0. The molecule has 1 aliphatic heterocycles. The van der Waals surface area contributed by atoms with E-state index in [1.165, 1.54) is 18.2 Å². The van der Waals surface area contributed by atoms with Gasteiger partial charge in [0.15, 0.2) is 0 Å². The summed E-state index contributed by atoms with van der Waals surface area (Å²) in [5.41, 5.74) is 0. The quantitative estimate of drug-likeness (QED) is 0.847. The molecule has 1 aromatic carbocycles. The van der Waals surface area contributed by atoms with Gasteiger partial charge in [0.2, 0.25) is 10.0 Å². The molecule has 2 aromatic rings. The van der Waals surface area contributed by atoms with Gasteiger partial charge in [0.25, 0.3) is 0 Å². The number of nitrogens with zero attached hydrogens (tertiary/aromatic N) is 1. The van der Waals surface area contributed by atoms with Crippen molar-refractivity contribution in [2.75, 3.05) is 32.8 Å². The minimum Gasteiger partial charge on any atom is -0.379 e. The molecule has 0 spiro atoms. The van der Waals surface area contributed by atoms with Crippen LogP contribution in [0.5, 0.6) is 0 Å². The number of thiophene rings is 1. The number of nitrogens with one attached hydrogen (secondary N) is 1. The van der Waals surface area contributed by atoms with E-state index in [2.05, 4.69) is 9.62 Å². The predicted octanol–water partition coefficient (Wildman–Crippen LogP) is 2.24. The molecule has 1 fully saturated rings. The van der Waals surface area contributed by atoms with Gasteiger partial charge in [-0.3, -0.25) is 4.90 Å². The number of ether oxygens (including phenoxy) is 1. The highest BCUT2D eigenvalue weighted by atomic mass is 32.2. The molecule has 5 nitrogen and oxygen atoms in total. The second-order valence-corrected chi connectivity index (χ2v) is 8.18. The van der Waals surface area contributed by atoms with Crippen molar-refractivity contribution in [1.29, 1.82) is 0 Å². The number of hydrogen-bond acceptors (Lipinski definition) is 5. The molecule has 0 radical (unpaired) electrons. The van der Waals surface area contributed by atoms with E-state index in [0.29, 0.717) is 13.2 Å². The molecule has 1 aromatic heterocycles. The molecule has 2 heterocycles. The maximum Gasteiger partial charge on any atom is 0.243 e. The largest absolute Gasteiger partial charge is 0.379 e. The van der Waals surface area contributed by atoms with Gasteiger partial charge in [0, 0.05) is 24.5 Å². The zero-order valence-corrected chi connectivity index (χ0v) is 14.7. The Bertz CT molecular complexity index is 759. The Morgan fingerprint density at radius 2 is 1.96 bits per heavy atom. The molecule has 1 saturated heterocycles. The number of rotatable bonds is 6. The van der Waals surface area contributed by atoms with Crippen molar-refractivity contribution in [3.8, 4) is 0 Å². The van der Waals surface area contributed by atoms with Crippen molar-refractivity contribution in [2.45, 2.75) is 10.9 Å². The summed E-state index contributed by atoms with van der Waals surface area (Å²) < 4.78 is 46.6. The molecular weight excluding hydrogens is 351 g/mol. The van der Waals surface area contributed by atoms with Crippen molar-refractivity contribution in [1.82, 2.24) is 9.62 Å². The summed E-state index contributed by atoms with van der Waals surface area (Å²) in [5, 5.41) is 1.97. The van der Waals surface area contributed by atoms with Crippen LogP contribution in [0.1, 0.15) is 10.9 Å². The van der Waals surface area contributed by atoms with Gasteiger partial charge < -0.3 is 4.74 Å². The molecule has 3 rings (SSSR count). The van der Waals surface area contributed by atoms with Crippen molar-refractivity contribution in [2.24, 2.45) is 0 Å². The number of morpholine rings is 1. The third kappa shape index (κ3) is 4.01. The third-order valence-electron chi connectivity index (χ3n) is 3.95. The van der Waals surface area contributed by atoms with E-state index in [9.17, 15) is 12.8 Å². The topological polar surface area (TPSA) is 58.6 Å². The lowest BCUT2D eigenvalue weighted by Gasteiger charge is -2.34. The Morgan fingerprint density at radius 3 is 2.62 bits per heavy atom. The van der Waals surface area contributed by atoms with Crippen molar-refractivity contribution >= 4 is 21.4 Å². The van der Waals surface area contributed by atoms with Gasteiger partial charge in [0.05, 0.1) is 19.3 Å². The predicted molar refractivity (Wildman–Crippen MR) is 91.0 cm³/mol. The molecule has 0 unspecified atom stereocenters. The smallest absolute Gasteiger partial charge is 0.243 e. The van der Waals surface area contributed by atoms with Gasteiger partial charge in [-0.1, -0.05) is 18.2 Å². The van der Waals surface area contributed by atoms with E-state index in [1.54, 1.807) is 11.3 Å². The van der Waals surface area contributed by atoms with Crippen molar-refractivity contribution in [3.05, 3.63) is 52.5 Å². The Hall–Kier alpha value is -1.32. The van der Waals surface area contributed by atoms with Crippen LogP contribution in [0.3, 0.4) is 0 Å². The lowest BCUT2D eigenvalue weighted by Crippen LogP contribution is -2.43. The van der Waals surface area contributed by atoms with Crippen LogP contribution in [0.2, 0.25) is 0 Å². The normalized spacial score (nSPS) is 17.7. The Morgan fingerprint density at radius 1 is 1.21 bits per heavy atom. The van der Waals surface area contributed by atoms with E-state index in [4.69, 9.17) is 4.74 Å². The maximum absolute atomic E-state index is 13.8. The van der Waals surface area contributed by atoms with Crippen LogP contribution in [-0.2, 0) is 14.8 Å². The molecule has 0 aliphatic carbocycles. The second-order valence-electron chi connectivity index (χ2n) is 5.46. The Labute approximate surface area is 145 Å². The van der Waals surface area contributed by atoms with Gasteiger partial charge in [-0.2, -0.15) is 0 Å². The van der Waals surface area contributed by atoms with E-state index >= 15 is 0 Å². The highest BCUT2D eigenvalue weighted by molar-refractivity contribution is 7.89. The summed E-state index contributed by atoms with van der Waals surface area (Å²) in [4.78, 5) is 2.95. The summed E-state index contributed by atoms with van der Waals surface area (Å²) in [5.74, 6) is -0.746. The first-order valence-electron chi connectivity index (χ1n) is 7.67. The van der Waals surface area contributed by atoms with Crippen molar-refractivity contribution < 1.29 is 17.5 Å². The summed E-state index contributed by atoms with van der Waals surface area (Å²) in [7, 11) is -3.89. The fourth-order valence-corrected chi connectivity index (χ4v) is 4.68. The minimum atomic E-state index is -3.89. The lowest BCUT2D eigenvalue weighted by molar-refractivity contribution is 0.0179. The average Bonchev–Trinajstić information content (AvgIpc) is 3.10. The minimum absolute atomic E-state index is 0.0875. The highest BCUT2D eigenvalue weighted by Gasteiger charge is 2.26. The molecule has 8 heteroatoms. The zero-order chi connectivity index (χ0) is 17.0. The van der Waals surface area contributed by atoms with Gasteiger partial charge in [-0.05, 0) is 23.6 Å². The lowest BCUT2D eigenvalue weighted by atomic mass is 10.2. The number of benzene rings is 1. The Balaban J connectivity index is 1.77. The van der Waals surface area contributed by atoms with Gasteiger partial charge >= 0.3 is 0 Å². The van der Waals surface area contributed by atoms with Gasteiger partial charge in [0.1, 0.15) is 10.7 Å². The molecular formula is C16H19FN2O3S2. The number of sulfonamides is 1. The number of hydrogen-bond donors (Lipinski definition) is 1. The van der Waals surface area contributed by atoms with Crippen LogP contribution in [-0.4, -0.2) is 46.2 Å². The van der Waals surface area contributed by atoms with Gasteiger partial charge in [-0.15, -0.1) is 11.3 Å². The van der Waals surface area contributed by atoms with Crippen LogP contribution in [0.4, 0.5) is 4.39 Å². The molecule has 0 bridgehead atoms. The third-order valence-corrected chi connectivity index (χ3v) is 6.38. The summed E-state index contributed by atoms with van der Waals surface area (Å²) in [6.45, 7) is 2.93. The summed E-state index contributed by atoms with van der Waals surface area (Å²) in [6.07, 6.45) is 0. The van der Waals surface area contributed by atoms with Crippen LogP contribution in [0.15, 0.2) is 46.7 Å². The first-order valence-corrected chi connectivity index (χ1v) is 10.0. The molecule has 1 aliphatic rings. The molecule has 1 atom stereocenters. The summed E-state index contributed by atoms with van der Waals surface area (Å²) in [6, 6.07) is 9.24. The van der Waals surface area contributed by atoms with Crippen LogP contribution in [0.25, 0.3) is 0 Å². The standard InChI is InChI=1S/C16H19FN2O3S2/c17-13-4-1-2-6-16(13)24(20,21)18-12-14(15-5-3-11-23-15)19-7-9-22-10-8-19/h1-6,11,14,18H,7-10,12H2/t14-/m1/s1. The van der Waals surface area contributed by atoms with E-state index in [0.717, 1.165) is 24.0 Å². The summed E-state index contributed by atoms with van der Waals surface area (Å²) >= 11 is 1.58. The molecule has 0 saturated carbocycles. The fraction of sp³-hybridized carbons (Fsp3) is 0.375. The van der Waals surface area contributed by atoms with E-state index in [-0.39, 0.29) is 17.5 Å². The average molecular weight is 370 g/mol. The monoisotopic (exact) mass is 370 g/mol. The van der Waals surface area contributed by atoms with Crippen LogP contribution >= 0.6 is 11.3 Å². The SMILES string of the molecule is O=S(=O)(NC[C@H](c1cccs1)N1CCOCC1)c1ccccc1F. The molecule has 24 heavy (non-hydrogen) atoms. The molecule has 130 valence electrons. The van der Waals surface area contributed by atoms with E-state index in [1.807, 2.05) is 17.5 Å². The fourth-order valence-electron chi connectivity index (χ4n) is 2.71. The van der Waals surface area contributed by atoms with Crippen LogP contribution in [0, 0.1) is 5.82 Å². The van der Waals surface area contributed by atoms with Crippen LogP contribution < -0.4 is 4.72 Å².